The van der Waals surface area contributed by atoms with Crippen molar-refractivity contribution >= 4 is 0 Å². The number of nitrogens with one attached hydrogen (secondary N) is 1. The van der Waals surface area contributed by atoms with Crippen molar-refractivity contribution < 1.29 is 18.9 Å². The molecule has 1 aliphatic rings. The average Bonchev–Trinajstić information content (AvgIpc) is 3.07. The minimum absolute atomic E-state index is 0.0705. The number of ether oxygens (including phenoxy) is 4. The third-order valence-corrected chi connectivity index (χ3v) is 7.40. The first-order chi connectivity index (χ1) is 21.2. The van der Waals surface area contributed by atoms with Crippen molar-refractivity contribution in [2.75, 3.05) is 6.61 Å². The monoisotopic (exact) mass is 574 g/mol. The zero-order chi connectivity index (χ0) is 29.7. The van der Waals surface area contributed by atoms with Crippen LogP contribution in [0, 0.1) is 11.3 Å². The highest BCUT2D eigenvalue weighted by atomic mass is 16.6. The Hall–Kier alpha value is -4.25. The first-order valence-electron chi connectivity index (χ1n) is 14.7. The van der Waals surface area contributed by atoms with E-state index in [-0.39, 0.29) is 12.6 Å². The number of rotatable bonds is 14. The molecule has 0 saturated heterocycles. The zero-order valence-corrected chi connectivity index (χ0v) is 24.4. The largest absolute Gasteiger partial charge is 0.487 e. The molecule has 0 spiro atoms. The van der Waals surface area contributed by atoms with Crippen LogP contribution in [0.5, 0.6) is 0 Å². The van der Waals surface area contributed by atoms with E-state index < -0.39 is 24.4 Å². The van der Waals surface area contributed by atoms with Gasteiger partial charge in [-0.1, -0.05) is 121 Å². The van der Waals surface area contributed by atoms with E-state index in [0.29, 0.717) is 25.6 Å². The second-order valence-electron chi connectivity index (χ2n) is 10.6. The van der Waals surface area contributed by atoms with E-state index in [4.69, 9.17) is 18.9 Å². The molecule has 6 nitrogen and oxygen atoms in total. The molecule has 0 aliphatic carbocycles. The van der Waals surface area contributed by atoms with Gasteiger partial charge < -0.3 is 18.9 Å². The first kappa shape index (κ1) is 30.2. The summed E-state index contributed by atoms with van der Waals surface area (Å²) >= 11 is 0. The third-order valence-electron chi connectivity index (χ3n) is 7.40. The molecule has 1 heterocycles. The molecule has 4 aromatic rings. The molecular formula is C37H38N2O4. The van der Waals surface area contributed by atoms with Crippen LogP contribution < -0.4 is 5.32 Å². The fourth-order valence-electron chi connectivity index (χ4n) is 5.06. The summed E-state index contributed by atoms with van der Waals surface area (Å²) in [4.78, 5) is 0. The number of nitrogens with zero attached hydrogens (tertiary/aromatic N) is 1. The molecule has 43 heavy (non-hydrogen) atoms. The Balaban J connectivity index is 1.39. The molecule has 0 bridgehead atoms. The Morgan fingerprint density at radius 2 is 1.23 bits per heavy atom. The fourth-order valence-corrected chi connectivity index (χ4v) is 5.06. The summed E-state index contributed by atoms with van der Waals surface area (Å²) in [6, 6.07) is 41.8. The van der Waals surface area contributed by atoms with Crippen molar-refractivity contribution in [3.63, 3.8) is 0 Å². The normalized spacial score (nSPS) is 19.4. The predicted molar refractivity (Wildman–Crippen MR) is 166 cm³/mol. The van der Waals surface area contributed by atoms with E-state index in [1.807, 2.05) is 134 Å². The zero-order valence-electron chi connectivity index (χ0n) is 24.4. The summed E-state index contributed by atoms with van der Waals surface area (Å²) in [7, 11) is 0. The Morgan fingerprint density at radius 3 is 1.79 bits per heavy atom. The van der Waals surface area contributed by atoms with Crippen LogP contribution in [0.2, 0.25) is 0 Å². The molecule has 0 radical (unpaired) electrons. The van der Waals surface area contributed by atoms with Crippen LogP contribution in [0.1, 0.15) is 35.2 Å². The Labute approximate surface area is 254 Å². The van der Waals surface area contributed by atoms with E-state index >= 15 is 0 Å². The van der Waals surface area contributed by atoms with Gasteiger partial charge in [-0.2, -0.15) is 5.26 Å². The van der Waals surface area contributed by atoms with Crippen LogP contribution in [0.25, 0.3) is 0 Å². The van der Waals surface area contributed by atoms with Gasteiger partial charge in [0.2, 0.25) is 0 Å². The van der Waals surface area contributed by atoms with Gasteiger partial charge >= 0.3 is 0 Å². The minimum atomic E-state index is -0.690. The molecule has 5 atom stereocenters. The molecule has 0 saturated carbocycles. The molecule has 5 rings (SSSR count). The Morgan fingerprint density at radius 1 is 0.721 bits per heavy atom. The van der Waals surface area contributed by atoms with Crippen molar-refractivity contribution in [1.82, 2.24) is 5.32 Å². The second kappa shape index (κ2) is 15.8. The maximum Gasteiger partial charge on any atom is 0.154 e. The van der Waals surface area contributed by atoms with E-state index in [2.05, 4.69) is 11.4 Å². The quantitative estimate of drug-likeness (QED) is 0.177. The summed E-state index contributed by atoms with van der Waals surface area (Å²) in [5, 5.41) is 13.7. The van der Waals surface area contributed by atoms with Gasteiger partial charge in [-0.05, 0) is 35.3 Å². The van der Waals surface area contributed by atoms with Gasteiger partial charge in [0.05, 0.1) is 32.5 Å². The number of nitriles is 1. The molecule has 3 unspecified atom stereocenters. The van der Waals surface area contributed by atoms with Crippen molar-refractivity contribution in [2.45, 2.75) is 57.1 Å². The van der Waals surface area contributed by atoms with Crippen molar-refractivity contribution in [3.8, 4) is 6.07 Å². The van der Waals surface area contributed by atoms with E-state index in [0.717, 1.165) is 22.3 Å². The standard InChI is InChI=1S/C37H38N2O4/c1-28(32-20-12-5-13-21-32)39-33(23-38)34-22-35(41-25-30-16-8-3-9-17-30)37(42-26-31-18-10-4-11-19-31)36(43-34)27-40-24-29-14-6-2-7-15-29/h2-22,28,33,35-37,39H,24-27H2,1H3/t28-,33?,35+,36?,37?/m1/s1. The molecule has 4 aromatic carbocycles. The number of hydrogen-bond donors (Lipinski definition) is 1. The van der Waals surface area contributed by atoms with Crippen LogP contribution in [-0.2, 0) is 38.8 Å². The lowest BCUT2D eigenvalue weighted by Crippen LogP contribution is -2.49. The van der Waals surface area contributed by atoms with Gasteiger partial charge in [-0.3, -0.25) is 5.32 Å². The lowest BCUT2D eigenvalue weighted by atomic mass is 10.0. The van der Waals surface area contributed by atoms with Gasteiger partial charge in [0.1, 0.15) is 18.0 Å². The Kier molecular flexibility index (Phi) is 11.1. The lowest BCUT2D eigenvalue weighted by molar-refractivity contribution is -0.155. The van der Waals surface area contributed by atoms with Crippen molar-refractivity contribution in [2.24, 2.45) is 0 Å². The number of hydrogen-bond acceptors (Lipinski definition) is 6. The maximum absolute atomic E-state index is 10.3. The third kappa shape index (κ3) is 8.87. The average molecular weight is 575 g/mol. The van der Waals surface area contributed by atoms with Gasteiger partial charge in [0.25, 0.3) is 0 Å². The summed E-state index contributed by atoms with van der Waals surface area (Å²) < 4.78 is 25.7. The summed E-state index contributed by atoms with van der Waals surface area (Å²) in [6.07, 6.45) is 0.458. The topological polar surface area (TPSA) is 72.7 Å². The summed E-state index contributed by atoms with van der Waals surface area (Å²) in [5.74, 6) is 0.510. The van der Waals surface area contributed by atoms with Crippen LogP contribution in [-0.4, -0.2) is 31.0 Å². The van der Waals surface area contributed by atoms with Crippen molar-refractivity contribution in [1.29, 1.82) is 5.26 Å². The van der Waals surface area contributed by atoms with Crippen LogP contribution in [0.15, 0.2) is 133 Å². The van der Waals surface area contributed by atoms with Crippen LogP contribution >= 0.6 is 0 Å². The van der Waals surface area contributed by atoms with E-state index in [9.17, 15) is 5.26 Å². The highest BCUT2D eigenvalue weighted by Gasteiger charge is 2.39. The molecule has 1 N–H and O–H groups in total. The molecule has 1 aliphatic heterocycles. The fraction of sp³-hybridized carbons (Fsp3) is 0.270. The van der Waals surface area contributed by atoms with E-state index in [1.54, 1.807) is 0 Å². The smallest absolute Gasteiger partial charge is 0.154 e. The molecule has 0 aromatic heterocycles. The molecule has 220 valence electrons. The Bertz CT molecular complexity index is 1440. The lowest BCUT2D eigenvalue weighted by Gasteiger charge is -2.38. The highest BCUT2D eigenvalue weighted by Crippen LogP contribution is 2.28. The van der Waals surface area contributed by atoms with Crippen LogP contribution in [0.3, 0.4) is 0 Å². The summed E-state index contributed by atoms with van der Waals surface area (Å²) in [5.41, 5.74) is 4.26. The van der Waals surface area contributed by atoms with Gasteiger partial charge in [-0.15, -0.1) is 0 Å². The SMILES string of the molecule is C[C@@H](NC(C#N)C1=C[C@H](OCc2ccccc2)C(OCc2ccccc2)C(COCc2ccccc2)O1)c1ccccc1. The maximum atomic E-state index is 10.3. The minimum Gasteiger partial charge on any atom is -0.487 e. The molecule has 0 amide bonds. The first-order valence-corrected chi connectivity index (χ1v) is 14.7. The molecule has 6 heteroatoms. The van der Waals surface area contributed by atoms with Gasteiger partial charge in [-0.25, -0.2) is 0 Å². The van der Waals surface area contributed by atoms with Crippen molar-refractivity contribution in [3.05, 3.63) is 155 Å². The number of benzene rings is 4. The highest BCUT2D eigenvalue weighted by molar-refractivity contribution is 5.24. The molecular weight excluding hydrogens is 536 g/mol. The molecule has 0 fully saturated rings. The van der Waals surface area contributed by atoms with Gasteiger partial charge in [0.15, 0.2) is 12.1 Å². The summed E-state index contributed by atoms with van der Waals surface area (Å²) in [6.45, 7) is 3.53. The second-order valence-corrected chi connectivity index (χ2v) is 10.6. The van der Waals surface area contributed by atoms with Crippen LogP contribution in [0.4, 0.5) is 0 Å². The van der Waals surface area contributed by atoms with E-state index in [1.165, 1.54) is 0 Å². The predicted octanol–water partition coefficient (Wildman–Crippen LogP) is 6.90. The van der Waals surface area contributed by atoms with Gasteiger partial charge in [0, 0.05) is 6.04 Å².